The zero-order valence-electron chi connectivity index (χ0n) is 16.2. The molecular formula is C22H21Cl2N5O. The van der Waals surface area contributed by atoms with Crippen molar-refractivity contribution < 1.29 is 4.79 Å². The molecule has 154 valence electrons. The first-order valence-corrected chi connectivity index (χ1v) is 10.6. The summed E-state index contributed by atoms with van der Waals surface area (Å²) in [7, 11) is 0. The van der Waals surface area contributed by atoms with Crippen LogP contribution < -0.4 is 15.5 Å². The van der Waals surface area contributed by atoms with Crippen LogP contribution in [0.5, 0.6) is 0 Å². The summed E-state index contributed by atoms with van der Waals surface area (Å²) in [5.41, 5.74) is 2.78. The average Bonchev–Trinajstić information content (AvgIpc) is 2.74. The van der Waals surface area contributed by atoms with E-state index in [-0.39, 0.29) is 0 Å². The van der Waals surface area contributed by atoms with Gasteiger partial charge in [-0.1, -0.05) is 35.3 Å². The van der Waals surface area contributed by atoms with Crippen molar-refractivity contribution in [2.45, 2.75) is 19.3 Å². The maximum atomic E-state index is 12.3. The Kier molecular flexibility index (Phi) is 6.35. The maximum absolute atomic E-state index is 12.3. The highest BCUT2D eigenvalue weighted by molar-refractivity contribution is 6.35. The summed E-state index contributed by atoms with van der Waals surface area (Å²) in [5, 5.41) is 15.2. The average molecular weight is 442 g/mol. The van der Waals surface area contributed by atoms with Crippen LogP contribution in [0.4, 0.5) is 22.0 Å². The molecule has 30 heavy (non-hydrogen) atoms. The number of nitrogens with zero attached hydrogens (tertiary/aromatic N) is 3. The lowest BCUT2D eigenvalue weighted by molar-refractivity contribution is 0.262. The second-order valence-electron chi connectivity index (χ2n) is 7.14. The number of nitrogens with one attached hydrogen (secondary N) is 2. The molecule has 1 aliphatic rings. The van der Waals surface area contributed by atoms with E-state index in [1.807, 2.05) is 36.4 Å². The Bertz CT molecular complexity index is 1020. The van der Waals surface area contributed by atoms with Crippen molar-refractivity contribution in [3.63, 3.8) is 0 Å². The molecule has 2 aromatic carbocycles. The van der Waals surface area contributed by atoms with Gasteiger partial charge in [0.2, 0.25) is 0 Å². The molecule has 0 spiro atoms. The number of halogens is 2. The summed E-state index contributed by atoms with van der Waals surface area (Å²) in [6.45, 7) is 2.06. The third-order valence-electron chi connectivity index (χ3n) is 4.87. The number of hydrogen-bond acceptors (Lipinski definition) is 4. The van der Waals surface area contributed by atoms with Gasteiger partial charge >= 0.3 is 6.03 Å². The summed E-state index contributed by atoms with van der Waals surface area (Å²) in [6, 6.07) is 15.9. The van der Waals surface area contributed by atoms with E-state index in [0.29, 0.717) is 21.4 Å². The van der Waals surface area contributed by atoms with Gasteiger partial charge in [-0.25, -0.2) is 4.79 Å². The molecule has 1 aliphatic heterocycles. The van der Waals surface area contributed by atoms with Gasteiger partial charge in [-0.15, -0.1) is 10.2 Å². The van der Waals surface area contributed by atoms with Crippen LogP contribution in [0.15, 0.2) is 54.6 Å². The smallest absolute Gasteiger partial charge is 0.323 e. The van der Waals surface area contributed by atoms with Gasteiger partial charge in [-0.05, 0) is 61.7 Å². The zero-order valence-corrected chi connectivity index (χ0v) is 17.7. The van der Waals surface area contributed by atoms with Crippen molar-refractivity contribution >= 4 is 46.4 Å². The van der Waals surface area contributed by atoms with Gasteiger partial charge in [0.05, 0.1) is 5.69 Å². The quantitative estimate of drug-likeness (QED) is 0.514. The molecular weight excluding hydrogens is 421 g/mol. The zero-order chi connectivity index (χ0) is 20.9. The van der Waals surface area contributed by atoms with Crippen LogP contribution in [0.1, 0.15) is 19.3 Å². The second-order valence-corrected chi connectivity index (χ2v) is 8.02. The van der Waals surface area contributed by atoms with Crippen LogP contribution in [0, 0.1) is 0 Å². The molecule has 4 rings (SSSR count). The van der Waals surface area contributed by atoms with E-state index in [9.17, 15) is 4.79 Å². The van der Waals surface area contributed by atoms with Crippen LogP contribution in [0.25, 0.3) is 11.3 Å². The van der Waals surface area contributed by atoms with Gasteiger partial charge < -0.3 is 15.5 Å². The first kappa shape index (κ1) is 20.4. The van der Waals surface area contributed by atoms with Crippen LogP contribution in [-0.4, -0.2) is 29.3 Å². The van der Waals surface area contributed by atoms with Gasteiger partial charge in [-0.3, -0.25) is 0 Å². The van der Waals surface area contributed by atoms with Crippen molar-refractivity contribution in [1.82, 2.24) is 10.2 Å². The first-order valence-electron chi connectivity index (χ1n) is 9.80. The summed E-state index contributed by atoms with van der Waals surface area (Å²) in [5.74, 6) is 0.910. The Labute approximate surface area is 185 Å². The third-order valence-corrected chi connectivity index (χ3v) is 5.30. The highest BCUT2D eigenvalue weighted by Crippen LogP contribution is 2.25. The molecule has 0 radical (unpaired) electrons. The molecule has 0 unspecified atom stereocenters. The van der Waals surface area contributed by atoms with Gasteiger partial charge in [-0.2, -0.15) is 0 Å². The van der Waals surface area contributed by atoms with Crippen LogP contribution in [0.2, 0.25) is 10.0 Å². The molecule has 0 aliphatic carbocycles. The number of urea groups is 1. The minimum Gasteiger partial charge on any atom is -0.355 e. The topological polar surface area (TPSA) is 70.2 Å². The van der Waals surface area contributed by atoms with Crippen LogP contribution in [0.3, 0.4) is 0 Å². The minimum atomic E-state index is -0.392. The first-order chi connectivity index (χ1) is 14.6. The monoisotopic (exact) mass is 441 g/mol. The lowest BCUT2D eigenvalue weighted by atomic mass is 10.1. The molecule has 3 aromatic rings. The van der Waals surface area contributed by atoms with E-state index in [1.54, 1.807) is 18.2 Å². The maximum Gasteiger partial charge on any atom is 0.323 e. The molecule has 1 fully saturated rings. The Morgan fingerprint density at radius 1 is 0.833 bits per heavy atom. The number of anilines is 3. The van der Waals surface area contributed by atoms with Crippen molar-refractivity contribution in [3.05, 3.63) is 64.6 Å². The van der Waals surface area contributed by atoms with Crippen molar-refractivity contribution in [2.75, 3.05) is 28.6 Å². The molecule has 2 heterocycles. The Balaban J connectivity index is 1.43. The van der Waals surface area contributed by atoms with Crippen molar-refractivity contribution in [3.8, 4) is 11.3 Å². The number of hydrogen-bond donors (Lipinski definition) is 2. The standard InChI is InChI=1S/C22H21Cl2N5O/c23-16-12-17(24)14-19(13-16)26-22(30)25-18-6-4-5-15(11-18)20-7-8-21(28-27-20)29-9-2-1-3-10-29/h4-8,11-14H,1-3,9-10H2,(H2,25,26,30). The fourth-order valence-corrected chi connectivity index (χ4v) is 3.97. The SMILES string of the molecule is O=C(Nc1cc(Cl)cc(Cl)c1)Nc1cccc(-c2ccc(N3CCCCC3)nn2)c1. The summed E-state index contributed by atoms with van der Waals surface area (Å²) in [4.78, 5) is 14.6. The number of benzene rings is 2. The van der Waals surface area contributed by atoms with Crippen molar-refractivity contribution in [2.24, 2.45) is 0 Å². The van der Waals surface area contributed by atoms with E-state index in [0.717, 1.165) is 30.2 Å². The van der Waals surface area contributed by atoms with E-state index in [4.69, 9.17) is 23.2 Å². The third kappa shape index (κ3) is 5.20. The number of carbonyl (C=O) groups excluding carboxylic acids is 1. The number of rotatable bonds is 4. The predicted molar refractivity (Wildman–Crippen MR) is 123 cm³/mol. The number of piperidine rings is 1. The van der Waals surface area contributed by atoms with E-state index in [2.05, 4.69) is 25.7 Å². The molecule has 0 saturated carbocycles. The van der Waals surface area contributed by atoms with Crippen molar-refractivity contribution in [1.29, 1.82) is 0 Å². The highest BCUT2D eigenvalue weighted by Gasteiger charge is 2.13. The predicted octanol–water partition coefficient (Wildman–Crippen LogP) is 6.08. The lowest BCUT2D eigenvalue weighted by Gasteiger charge is -2.27. The summed E-state index contributed by atoms with van der Waals surface area (Å²) >= 11 is 11.9. The molecule has 0 bridgehead atoms. The largest absolute Gasteiger partial charge is 0.355 e. The summed E-state index contributed by atoms with van der Waals surface area (Å²) < 4.78 is 0. The molecule has 6 nitrogen and oxygen atoms in total. The van der Waals surface area contributed by atoms with E-state index in [1.165, 1.54) is 19.3 Å². The van der Waals surface area contributed by atoms with Gasteiger partial charge in [0.15, 0.2) is 5.82 Å². The van der Waals surface area contributed by atoms with Crippen LogP contribution in [-0.2, 0) is 0 Å². The molecule has 2 N–H and O–H groups in total. The van der Waals surface area contributed by atoms with Crippen LogP contribution >= 0.6 is 23.2 Å². The fraction of sp³-hybridized carbons (Fsp3) is 0.227. The van der Waals surface area contributed by atoms with Gasteiger partial charge in [0.1, 0.15) is 0 Å². The van der Waals surface area contributed by atoms with E-state index >= 15 is 0 Å². The van der Waals surface area contributed by atoms with E-state index < -0.39 is 6.03 Å². The Morgan fingerprint density at radius 3 is 2.27 bits per heavy atom. The molecule has 2 amide bonds. The number of carbonyl (C=O) groups is 1. The number of amides is 2. The minimum absolute atomic E-state index is 0.392. The Morgan fingerprint density at radius 2 is 1.57 bits per heavy atom. The summed E-state index contributed by atoms with van der Waals surface area (Å²) in [6.07, 6.45) is 3.67. The number of aromatic nitrogens is 2. The molecule has 1 saturated heterocycles. The Hall–Kier alpha value is -2.83. The van der Waals surface area contributed by atoms with Gasteiger partial charge in [0.25, 0.3) is 0 Å². The highest BCUT2D eigenvalue weighted by atomic mass is 35.5. The molecule has 1 aromatic heterocycles. The molecule has 0 atom stereocenters. The second kappa shape index (κ2) is 9.32. The molecule has 8 heteroatoms. The fourth-order valence-electron chi connectivity index (χ4n) is 3.45. The normalized spacial score (nSPS) is 13.7. The lowest BCUT2D eigenvalue weighted by Crippen LogP contribution is -2.30. The van der Waals surface area contributed by atoms with Gasteiger partial charge in [0, 0.05) is 40.1 Å².